The van der Waals surface area contributed by atoms with Crippen LogP contribution in [0.4, 0.5) is 4.39 Å². The molecule has 0 saturated heterocycles. The summed E-state index contributed by atoms with van der Waals surface area (Å²) < 4.78 is 19.4. The highest BCUT2D eigenvalue weighted by Gasteiger charge is 2.10. The van der Waals surface area contributed by atoms with Crippen LogP contribution in [0.15, 0.2) is 41.0 Å². The zero-order valence-electron chi connectivity index (χ0n) is 12.7. The summed E-state index contributed by atoms with van der Waals surface area (Å²) in [6.07, 6.45) is 1.67. The Kier molecular flexibility index (Phi) is 5.96. The maximum absolute atomic E-state index is 14.0. The predicted octanol–water partition coefficient (Wildman–Crippen LogP) is 3.55. The first-order chi connectivity index (χ1) is 10.2. The molecule has 1 N–H and O–H groups in total. The van der Waals surface area contributed by atoms with Gasteiger partial charge in [0.05, 0.1) is 12.8 Å². The van der Waals surface area contributed by atoms with Gasteiger partial charge in [0.2, 0.25) is 0 Å². The molecule has 1 aromatic heterocycles. The molecule has 0 saturated carbocycles. The molecule has 4 heteroatoms. The lowest BCUT2D eigenvalue weighted by Gasteiger charge is -2.20. The number of hydrogen-bond acceptors (Lipinski definition) is 3. The molecule has 21 heavy (non-hydrogen) atoms. The molecule has 2 rings (SSSR count). The third kappa shape index (κ3) is 4.69. The summed E-state index contributed by atoms with van der Waals surface area (Å²) in [5.74, 6) is 0.759. The molecular formula is C17H23FN2O. The van der Waals surface area contributed by atoms with Gasteiger partial charge >= 0.3 is 0 Å². The molecule has 0 radical (unpaired) electrons. The average molecular weight is 290 g/mol. The molecule has 0 spiro atoms. The number of rotatable bonds is 8. The predicted molar refractivity (Wildman–Crippen MR) is 82.3 cm³/mol. The molecule has 0 unspecified atom stereocenters. The summed E-state index contributed by atoms with van der Waals surface area (Å²) in [5.41, 5.74) is 1.85. The molecule has 114 valence electrons. The standard InChI is InChI=1S/C17H23FN2O/c1-3-19-11-14-7-8-17(18)15(10-14)12-20(4-2)13-16-6-5-9-21-16/h5-10,19H,3-4,11-13H2,1-2H3. The molecule has 0 atom stereocenters. The maximum Gasteiger partial charge on any atom is 0.127 e. The number of furan rings is 1. The largest absolute Gasteiger partial charge is 0.468 e. The van der Waals surface area contributed by atoms with Gasteiger partial charge in [-0.3, -0.25) is 4.90 Å². The third-order valence-corrected chi connectivity index (χ3v) is 3.49. The van der Waals surface area contributed by atoms with Gasteiger partial charge in [-0.05, 0) is 36.9 Å². The Balaban J connectivity index is 2.05. The molecule has 2 aromatic rings. The summed E-state index contributed by atoms with van der Waals surface area (Å²) in [7, 11) is 0. The molecule has 0 aliphatic rings. The Hall–Kier alpha value is -1.65. The van der Waals surface area contributed by atoms with Gasteiger partial charge in [-0.2, -0.15) is 0 Å². The maximum atomic E-state index is 14.0. The van der Waals surface area contributed by atoms with Gasteiger partial charge in [-0.15, -0.1) is 0 Å². The number of benzene rings is 1. The Bertz CT molecular complexity index is 540. The minimum atomic E-state index is -0.145. The SMILES string of the molecule is CCNCc1ccc(F)c(CN(CC)Cc2ccco2)c1. The second-order valence-electron chi connectivity index (χ2n) is 5.09. The highest BCUT2D eigenvalue weighted by molar-refractivity contribution is 5.25. The summed E-state index contributed by atoms with van der Waals surface area (Å²) >= 11 is 0. The summed E-state index contributed by atoms with van der Waals surface area (Å²) in [4.78, 5) is 2.16. The summed E-state index contributed by atoms with van der Waals surface area (Å²) in [5, 5.41) is 3.26. The van der Waals surface area contributed by atoms with Gasteiger partial charge in [0.15, 0.2) is 0 Å². The van der Waals surface area contributed by atoms with Gasteiger partial charge in [-0.25, -0.2) is 4.39 Å². The Morgan fingerprint density at radius 3 is 2.71 bits per heavy atom. The van der Waals surface area contributed by atoms with E-state index in [1.54, 1.807) is 12.3 Å². The Morgan fingerprint density at radius 1 is 1.19 bits per heavy atom. The van der Waals surface area contributed by atoms with Crippen LogP contribution in [0.5, 0.6) is 0 Å². The van der Waals surface area contributed by atoms with Gasteiger partial charge < -0.3 is 9.73 Å². The number of nitrogens with zero attached hydrogens (tertiary/aromatic N) is 1. The number of nitrogens with one attached hydrogen (secondary N) is 1. The molecule has 0 bridgehead atoms. The summed E-state index contributed by atoms with van der Waals surface area (Å²) in [6, 6.07) is 9.16. The third-order valence-electron chi connectivity index (χ3n) is 3.49. The van der Waals surface area contributed by atoms with Crippen molar-refractivity contribution in [1.29, 1.82) is 0 Å². The summed E-state index contributed by atoms with van der Waals surface area (Å²) in [6.45, 7) is 7.94. The molecule has 1 aromatic carbocycles. The number of halogens is 1. The Morgan fingerprint density at radius 2 is 2.05 bits per heavy atom. The topological polar surface area (TPSA) is 28.4 Å². The van der Waals surface area contributed by atoms with Crippen LogP contribution in [0, 0.1) is 5.82 Å². The van der Waals surface area contributed by atoms with Crippen LogP contribution in [0.2, 0.25) is 0 Å². The minimum absolute atomic E-state index is 0.145. The van der Waals surface area contributed by atoms with E-state index in [9.17, 15) is 4.39 Å². The van der Waals surface area contributed by atoms with E-state index in [4.69, 9.17) is 4.42 Å². The van der Waals surface area contributed by atoms with Crippen LogP contribution in [0.3, 0.4) is 0 Å². The van der Waals surface area contributed by atoms with Crippen LogP contribution in [0.25, 0.3) is 0 Å². The highest BCUT2D eigenvalue weighted by Crippen LogP contribution is 2.15. The van der Waals surface area contributed by atoms with E-state index in [2.05, 4.69) is 24.1 Å². The van der Waals surface area contributed by atoms with Crippen molar-refractivity contribution in [3.8, 4) is 0 Å². The van der Waals surface area contributed by atoms with Crippen molar-refractivity contribution in [2.75, 3.05) is 13.1 Å². The van der Waals surface area contributed by atoms with E-state index < -0.39 is 0 Å². The molecule has 0 aliphatic carbocycles. The fourth-order valence-corrected chi connectivity index (χ4v) is 2.27. The van der Waals surface area contributed by atoms with Crippen molar-refractivity contribution in [3.05, 3.63) is 59.3 Å². The average Bonchev–Trinajstić information content (AvgIpc) is 3.00. The lowest BCUT2D eigenvalue weighted by atomic mass is 10.1. The lowest BCUT2D eigenvalue weighted by Crippen LogP contribution is -2.23. The van der Waals surface area contributed by atoms with Crippen molar-refractivity contribution in [1.82, 2.24) is 10.2 Å². The van der Waals surface area contributed by atoms with Gasteiger partial charge in [0.25, 0.3) is 0 Å². The lowest BCUT2D eigenvalue weighted by molar-refractivity contribution is 0.244. The first kappa shape index (κ1) is 15.7. The smallest absolute Gasteiger partial charge is 0.127 e. The fraction of sp³-hybridized carbons (Fsp3) is 0.412. The zero-order valence-corrected chi connectivity index (χ0v) is 12.7. The molecular weight excluding hydrogens is 267 g/mol. The van der Waals surface area contributed by atoms with E-state index in [-0.39, 0.29) is 5.82 Å². The van der Waals surface area contributed by atoms with Gasteiger partial charge in [0.1, 0.15) is 11.6 Å². The van der Waals surface area contributed by atoms with Crippen LogP contribution in [-0.4, -0.2) is 18.0 Å². The fourth-order valence-electron chi connectivity index (χ4n) is 2.27. The van der Waals surface area contributed by atoms with E-state index in [0.29, 0.717) is 13.1 Å². The number of hydrogen-bond donors (Lipinski definition) is 1. The molecule has 0 amide bonds. The molecule has 0 aliphatic heterocycles. The van der Waals surface area contributed by atoms with Crippen LogP contribution < -0.4 is 5.32 Å². The van der Waals surface area contributed by atoms with Gasteiger partial charge in [-0.1, -0.05) is 26.0 Å². The monoisotopic (exact) mass is 290 g/mol. The van der Waals surface area contributed by atoms with Crippen LogP contribution >= 0.6 is 0 Å². The van der Waals surface area contributed by atoms with Crippen molar-refractivity contribution in [2.24, 2.45) is 0 Å². The first-order valence-electron chi connectivity index (χ1n) is 7.45. The van der Waals surface area contributed by atoms with Crippen LogP contribution in [-0.2, 0) is 19.6 Å². The molecule has 0 fully saturated rings. The van der Waals surface area contributed by atoms with Crippen molar-refractivity contribution in [3.63, 3.8) is 0 Å². The van der Waals surface area contributed by atoms with E-state index in [0.717, 1.165) is 36.5 Å². The second kappa shape index (κ2) is 7.96. The van der Waals surface area contributed by atoms with Crippen molar-refractivity contribution in [2.45, 2.75) is 33.5 Å². The van der Waals surface area contributed by atoms with E-state index in [1.807, 2.05) is 24.3 Å². The molecule has 3 nitrogen and oxygen atoms in total. The van der Waals surface area contributed by atoms with E-state index in [1.165, 1.54) is 0 Å². The zero-order chi connectivity index (χ0) is 15.1. The minimum Gasteiger partial charge on any atom is -0.468 e. The van der Waals surface area contributed by atoms with Crippen molar-refractivity contribution >= 4 is 0 Å². The second-order valence-corrected chi connectivity index (χ2v) is 5.09. The Labute approximate surface area is 125 Å². The van der Waals surface area contributed by atoms with Crippen LogP contribution in [0.1, 0.15) is 30.7 Å². The van der Waals surface area contributed by atoms with Gasteiger partial charge in [0, 0.05) is 18.7 Å². The first-order valence-corrected chi connectivity index (χ1v) is 7.45. The highest BCUT2D eigenvalue weighted by atomic mass is 19.1. The van der Waals surface area contributed by atoms with E-state index >= 15 is 0 Å². The normalized spacial score (nSPS) is 11.2. The molecule has 1 heterocycles. The quantitative estimate of drug-likeness (QED) is 0.806. The van der Waals surface area contributed by atoms with Crippen molar-refractivity contribution < 1.29 is 8.81 Å².